The maximum Gasteiger partial charge on any atom is 0.309 e. The number of carboxylic acid groups (broad SMARTS) is 1. The lowest BCUT2D eigenvalue weighted by Crippen LogP contribution is -2.36. The van der Waals surface area contributed by atoms with Crippen LogP contribution in [-0.4, -0.2) is 55.9 Å². The zero-order valence-electron chi connectivity index (χ0n) is 10.6. The molecule has 0 spiro atoms. The van der Waals surface area contributed by atoms with E-state index in [0.717, 1.165) is 6.26 Å². The molecule has 7 heteroatoms. The Bertz CT molecular complexity index is 399. The number of carbonyl (C=O) groups is 2. The SMILES string of the molecule is CN(CCS(C)(=O)=O)C(=O)CC(C)(C)C(=O)O. The van der Waals surface area contributed by atoms with Gasteiger partial charge in [-0.25, -0.2) is 8.42 Å². The van der Waals surface area contributed by atoms with Crippen LogP contribution in [0.2, 0.25) is 0 Å². The van der Waals surface area contributed by atoms with E-state index >= 15 is 0 Å². The lowest BCUT2D eigenvalue weighted by atomic mass is 9.89. The summed E-state index contributed by atoms with van der Waals surface area (Å²) in [4.78, 5) is 23.7. The zero-order chi connectivity index (χ0) is 13.9. The van der Waals surface area contributed by atoms with Gasteiger partial charge in [0.05, 0.1) is 11.2 Å². The van der Waals surface area contributed by atoms with Crippen molar-refractivity contribution in [3.05, 3.63) is 0 Å². The third-order valence-corrected chi connectivity index (χ3v) is 3.32. The molecule has 0 atom stereocenters. The van der Waals surface area contributed by atoms with Gasteiger partial charge in [0.1, 0.15) is 9.84 Å². The van der Waals surface area contributed by atoms with Gasteiger partial charge < -0.3 is 10.0 Å². The summed E-state index contributed by atoms with van der Waals surface area (Å²) >= 11 is 0. The second-order valence-electron chi connectivity index (χ2n) is 4.81. The van der Waals surface area contributed by atoms with Crippen molar-refractivity contribution in [2.45, 2.75) is 20.3 Å². The molecule has 100 valence electrons. The van der Waals surface area contributed by atoms with E-state index in [2.05, 4.69) is 0 Å². The van der Waals surface area contributed by atoms with Crippen LogP contribution in [0.5, 0.6) is 0 Å². The fourth-order valence-electron chi connectivity index (χ4n) is 1.02. The van der Waals surface area contributed by atoms with Crippen LogP contribution in [0.3, 0.4) is 0 Å². The highest BCUT2D eigenvalue weighted by atomic mass is 32.2. The molecule has 0 unspecified atom stereocenters. The Morgan fingerprint density at radius 3 is 2.12 bits per heavy atom. The van der Waals surface area contributed by atoms with Crippen molar-refractivity contribution in [1.29, 1.82) is 0 Å². The molecule has 0 bridgehead atoms. The summed E-state index contributed by atoms with van der Waals surface area (Å²) in [6.07, 6.45) is 0.940. The van der Waals surface area contributed by atoms with Gasteiger partial charge in [-0.15, -0.1) is 0 Å². The van der Waals surface area contributed by atoms with Crippen LogP contribution >= 0.6 is 0 Å². The summed E-state index contributed by atoms with van der Waals surface area (Å²) in [5, 5.41) is 8.86. The Hall–Kier alpha value is -1.11. The lowest BCUT2D eigenvalue weighted by molar-refractivity contribution is -0.151. The summed E-state index contributed by atoms with van der Waals surface area (Å²) < 4.78 is 21.8. The highest BCUT2D eigenvalue weighted by Crippen LogP contribution is 2.21. The molecule has 0 saturated carbocycles. The Morgan fingerprint density at radius 2 is 1.76 bits per heavy atom. The van der Waals surface area contributed by atoms with Crippen LogP contribution in [0, 0.1) is 5.41 Å². The van der Waals surface area contributed by atoms with E-state index in [0.29, 0.717) is 0 Å². The predicted octanol–water partition coefficient (Wildman–Crippen LogP) is -0.00970. The van der Waals surface area contributed by atoms with E-state index in [1.807, 2.05) is 0 Å². The molecule has 0 radical (unpaired) electrons. The fourth-order valence-corrected chi connectivity index (χ4v) is 1.62. The summed E-state index contributed by atoms with van der Waals surface area (Å²) in [5.74, 6) is -1.55. The van der Waals surface area contributed by atoms with Gasteiger partial charge in [-0.05, 0) is 13.8 Å². The molecule has 0 fully saturated rings. The first-order valence-corrected chi connectivity index (χ1v) is 7.17. The molecule has 6 nitrogen and oxygen atoms in total. The van der Waals surface area contributed by atoms with E-state index in [1.165, 1.54) is 25.8 Å². The monoisotopic (exact) mass is 265 g/mol. The number of carbonyl (C=O) groups excluding carboxylic acids is 1. The minimum atomic E-state index is -3.12. The zero-order valence-corrected chi connectivity index (χ0v) is 11.4. The quantitative estimate of drug-likeness (QED) is 0.729. The van der Waals surface area contributed by atoms with Crippen molar-refractivity contribution in [2.75, 3.05) is 25.6 Å². The van der Waals surface area contributed by atoms with Gasteiger partial charge >= 0.3 is 5.97 Å². The van der Waals surface area contributed by atoms with E-state index in [1.54, 1.807) is 0 Å². The maximum atomic E-state index is 11.6. The molecule has 0 aliphatic heterocycles. The molecule has 0 saturated heterocycles. The van der Waals surface area contributed by atoms with E-state index < -0.39 is 21.2 Å². The largest absolute Gasteiger partial charge is 0.481 e. The highest BCUT2D eigenvalue weighted by molar-refractivity contribution is 7.90. The third-order valence-electron chi connectivity index (χ3n) is 2.40. The van der Waals surface area contributed by atoms with Crippen molar-refractivity contribution in [1.82, 2.24) is 4.90 Å². The normalized spacial score (nSPS) is 12.2. The van der Waals surface area contributed by atoms with E-state index in [9.17, 15) is 18.0 Å². The molecule has 0 aromatic rings. The Kier molecular flexibility index (Phi) is 5.12. The van der Waals surface area contributed by atoms with Gasteiger partial charge in [0.25, 0.3) is 0 Å². The molecule has 0 heterocycles. The standard InChI is InChI=1S/C10H19NO5S/c1-10(2,9(13)14)7-8(12)11(3)5-6-17(4,15)16/h5-7H2,1-4H3,(H,13,14). The number of sulfone groups is 1. The number of hydrogen-bond donors (Lipinski definition) is 1. The Morgan fingerprint density at radius 1 is 1.29 bits per heavy atom. The Balaban J connectivity index is 4.39. The predicted molar refractivity (Wildman–Crippen MR) is 63.4 cm³/mol. The molecule has 0 aliphatic rings. The highest BCUT2D eigenvalue weighted by Gasteiger charge is 2.31. The summed E-state index contributed by atoms with van der Waals surface area (Å²) in [5.41, 5.74) is -1.14. The van der Waals surface area contributed by atoms with Crippen LogP contribution in [0.4, 0.5) is 0 Å². The number of nitrogens with zero attached hydrogens (tertiary/aromatic N) is 1. The Labute approximate surface area is 102 Å². The van der Waals surface area contributed by atoms with Crippen molar-refractivity contribution in [3.8, 4) is 0 Å². The summed E-state index contributed by atoms with van der Waals surface area (Å²) in [6.45, 7) is 2.99. The van der Waals surface area contributed by atoms with Gasteiger partial charge in [0.2, 0.25) is 5.91 Å². The van der Waals surface area contributed by atoms with Gasteiger partial charge in [0, 0.05) is 26.3 Å². The molecule has 0 aromatic carbocycles. The van der Waals surface area contributed by atoms with Crippen LogP contribution in [0.15, 0.2) is 0 Å². The van der Waals surface area contributed by atoms with Crippen LogP contribution in [0.25, 0.3) is 0 Å². The minimum absolute atomic E-state index is 0.0768. The molecular formula is C10H19NO5S. The number of hydrogen-bond acceptors (Lipinski definition) is 4. The van der Waals surface area contributed by atoms with Crippen molar-refractivity contribution in [3.63, 3.8) is 0 Å². The molecular weight excluding hydrogens is 246 g/mol. The molecule has 17 heavy (non-hydrogen) atoms. The average molecular weight is 265 g/mol. The summed E-state index contributed by atoms with van der Waals surface area (Å²) in [6, 6.07) is 0. The van der Waals surface area contributed by atoms with Crippen LogP contribution < -0.4 is 0 Å². The molecule has 0 aliphatic carbocycles. The smallest absolute Gasteiger partial charge is 0.309 e. The van der Waals surface area contributed by atoms with Gasteiger partial charge in [-0.3, -0.25) is 9.59 Å². The van der Waals surface area contributed by atoms with Crippen molar-refractivity contribution in [2.24, 2.45) is 5.41 Å². The number of rotatable bonds is 6. The van der Waals surface area contributed by atoms with Gasteiger partial charge in [0.15, 0.2) is 0 Å². The van der Waals surface area contributed by atoms with Crippen LogP contribution in [0.1, 0.15) is 20.3 Å². The maximum absolute atomic E-state index is 11.6. The van der Waals surface area contributed by atoms with Crippen molar-refractivity contribution < 1.29 is 23.1 Å². The van der Waals surface area contributed by atoms with E-state index in [4.69, 9.17) is 5.11 Å². The number of carboxylic acids is 1. The van der Waals surface area contributed by atoms with E-state index in [-0.39, 0.29) is 24.6 Å². The average Bonchev–Trinajstić information content (AvgIpc) is 2.11. The minimum Gasteiger partial charge on any atom is -0.481 e. The molecule has 0 rings (SSSR count). The van der Waals surface area contributed by atoms with Gasteiger partial charge in [-0.1, -0.05) is 0 Å². The number of amides is 1. The first-order chi connectivity index (χ1) is 7.46. The van der Waals surface area contributed by atoms with Gasteiger partial charge in [-0.2, -0.15) is 0 Å². The fraction of sp³-hybridized carbons (Fsp3) is 0.800. The number of aliphatic carboxylic acids is 1. The second kappa shape index (κ2) is 5.48. The van der Waals surface area contributed by atoms with Crippen LogP contribution in [-0.2, 0) is 19.4 Å². The second-order valence-corrected chi connectivity index (χ2v) is 7.07. The molecule has 1 amide bonds. The topological polar surface area (TPSA) is 91.8 Å². The third kappa shape index (κ3) is 6.25. The first-order valence-electron chi connectivity index (χ1n) is 5.11. The molecule has 0 aromatic heterocycles. The first kappa shape index (κ1) is 15.9. The summed E-state index contributed by atoms with van der Waals surface area (Å²) in [7, 11) is -1.66. The molecule has 1 N–H and O–H groups in total. The lowest BCUT2D eigenvalue weighted by Gasteiger charge is -2.23. The van der Waals surface area contributed by atoms with Crippen molar-refractivity contribution >= 4 is 21.7 Å².